The minimum atomic E-state index is 0.00632. The van der Waals surface area contributed by atoms with Gasteiger partial charge in [0, 0.05) is 40.9 Å². The number of nitrogens with zero attached hydrogens (tertiary/aromatic N) is 3. The summed E-state index contributed by atoms with van der Waals surface area (Å²) < 4.78 is 0.914. The lowest BCUT2D eigenvalue weighted by molar-refractivity contribution is -0.107. The van der Waals surface area contributed by atoms with E-state index in [9.17, 15) is 10.0 Å². The molecule has 3 aromatic carbocycles. The Morgan fingerprint density at radius 2 is 1.30 bits per heavy atom. The van der Waals surface area contributed by atoms with Crippen LogP contribution in [0.5, 0.6) is 0 Å². The second-order valence-corrected chi connectivity index (χ2v) is 8.57. The van der Waals surface area contributed by atoms with E-state index in [1.54, 1.807) is 60.8 Å². The van der Waals surface area contributed by atoms with Gasteiger partial charge in [-0.05, 0) is 36.4 Å². The number of benzene rings is 3. The summed E-state index contributed by atoms with van der Waals surface area (Å²) in [5.41, 5.74) is 2.50. The number of hydrogen-bond acceptors (Lipinski definition) is 4. The van der Waals surface area contributed by atoms with Gasteiger partial charge in [0.25, 0.3) is 0 Å². The maximum absolute atomic E-state index is 11.5. The number of aromatic nitrogens is 1. The molecule has 0 aliphatic heterocycles. The number of halogens is 4. The van der Waals surface area contributed by atoms with Crippen LogP contribution in [0.2, 0.25) is 20.1 Å². The van der Waals surface area contributed by atoms with Gasteiger partial charge in [-0.3, -0.25) is 4.99 Å². The van der Waals surface area contributed by atoms with E-state index in [0.29, 0.717) is 53.4 Å². The molecule has 33 heavy (non-hydrogen) atoms. The van der Waals surface area contributed by atoms with Crippen molar-refractivity contribution in [3.8, 4) is 0 Å². The molecule has 4 rings (SSSR count). The third-order valence-corrected chi connectivity index (χ3v) is 6.27. The predicted molar refractivity (Wildman–Crippen MR) is 136 cm³/mol. The predicted octanol–water partition coefficient (Wildman–Crippen LogP) is 7.73. The van der Waals surface area contributed by atoms with Gasteiger partial charge < -0.3 is 10.0 Å². The molecule has 4 aromatic rings. The minimum absolute atomic E-state index is 0.00632. The third kappa shape index (κ3) is 4.63. The molecule has 0 amide bonds. The van der Waals surface area contributed by atoms with Crippen LogP contribution >= 0.6 is 46.4 Å². The first-order chi connectivity index (χ1) is 15.9. The van der Waals surface area contributed by atoms with Crippen molar-refractivity contribution in [2.75, 3.05) is 0 Å². The molecule has 0 aliphatic carbocycles. The molecule has 0 radical (unpaired) electrons. The number of aliphatic imine (C=N–C) groups is 2. The molecule has 1 N–H and O–H groups in total. The number of fused-ring (bicyclic) bond motifs is 1. The van der Waals surface area contributed by atoms with Gasteiger partial charge in [-0.25, -0.2) is 4.99 Å². The lowest BCUT2D eigenvalue weighted by Crippen LogP contribution is -1.92. The van der Waals surface area contributed by atoms with Crippen LogP contribution in [-0.2, 0) is 11.2 Å². The van der Waals surface area contributed by atoms with Gasteiger partial charge in [0.15, 0.2) is 5.82 Å². The minimum Gasteiger partial charge on any atom is -0.426 e. The summed E-state index contributed by atoms with van der Waals surface area (Å²) in [6, 6.07) is 15.4. The Labute approximate surface area is 209 Å². The zero-order valence-corrected chi connectivity index (χ0v) is 19.9. The van der Waals surface area contributed by atoms with E-state index in [-0.39, 0.29) is 12.2 Å². The Kier molecular flexibility index (Phi) is 7.05. The van der Waals surface area contributed by atoms with Crippen molar-refractivity contribution in [3.63, 3.8) is 0 Å². The number of aldehydes is 1. The molecule has 0 fully saturated rings. The van der Waals surface area contributed by atoms with Gasteiger partial charge in [0.05, 0.1) is 31.3 Å². The molecule has 0 unspecified atom stereocenters. The Balaban J connectivity index is 1.88. The Bertz CT molecular complexity index is 1390. The molecule has 166 valence electrons. The summed E-state index contributed by atoms with van der Waals surface area (Å²) in [6.45, 7) is 0. The van der Waals surface area contributed by atoms with Crippen molar-refractivity contribution in [2.45, 2.75) is 6.42 Å². The van der Waals surface area contributed by atoms with Crippen LogP contribution in [0, 0.1) is 0 Å². The molecule has 0 spiro atoms. The summed E-state index contributed by atoms with van der Waals surface area (Å²) in [5, 5.41) is 13.1. The maximum Gasteiger partial charge on any atom is 0.172 e. The molecule has 1 aromatic heterocycles. The number of carbonyl (C=O) groups excluding carboxylic acids is 1. The average Bonchev–Trinajstić information content (AvgIpc) is 3.05. The first-order valence-electron chi connectivity index (χ1n) is 9.67. The van der Waals surface area contributed by atoms with Crippen molar-refractivity contribution < 1.29 is 10.0 Å². The van der Waals surface area contributed by atoms with Crippen LogP contribution in [0.15, 0.2) is 64.6 Å². The normalized spacial score (nSPS) is 11.8. The maximum atomic E-state index is 11.5. The van der Waals surface area contributed by atoms with Crippen LogP contribution in [0.3, 0.4) is 0 Å². The number of hydrogen-bond donors (Lipinski definition) is 1. The lowest BCUT2D eigenvalue weighted by atomic mass is 10.1. The van der Waals surface area contributed by atoms with Gasteiger partial charge >= 0.3 is 0 Å². The van der Waals surface area contributed by atoms with Gasteiger partial charge in [0.2, 0.25) is 0 Å². The molecule has 0 bridgehead atoms. The second-order valence-electron chi connectivity index (χ2n) is 6.94. The van der Waals surface area contributed by atoms with E-state index < -0.39 is 0 Å². The third-order valence-electron chi connectivity index (χ3n) is 4.96. The first kappa shape index (κ1) is 23.3. The molecule has 0 aliphatic rings. The fourth-order valence-corrected chi connectivity index (χ4v) is 4.40. The van der Waals surface area contributed by atoms with Crippen molar-refractivity contribution in [1.29, 1.82) is 0 Å². The standard InChI is InChI=1S/C24H15Cl4N3O2/c25-17-4-1-5-18(26)15(17)12-29-21-8-3-9-22-23(21)14(10-11-32)24(31(22)33)30-13-16-19(27)6-2-7-20(16)28/h1-9,11-13,33H,10H2. The Hall–Kier alpha value is -2.83. The number of rotatable bonds is 6. The molecule has 0 saturated carbocycles. The van der Waals surface area contributed by atoms with Crippen LogP contribution in [-0.4, -0.2) is 28.7 Å². The monoisotopic (exact) mass is 517 g/mol. The van der Waals surface area contributed by atoms with Crippen molar-refractivity contribution in [1.82, 2.24) is 4.73 Å². The van der Waals surface area contributed by atoms with E-state index in [0.717, 1.165) is 11.0 Å². The highest BCUT2D eigenvalue weighted by Crippen LogP contribution is 2.38. The molecule has 5 nitrogen and oxygen atoms in total. The Morgan fingerprint density at radius 1 is 0.788 bits per heavy atom. The second kappa shape index (κ2) is 9.98. The Morgan fingerprint density at radius 3 is 1.85 bits per heavy atom. The van der Waals surface area contributed by atoms with E-state index in [1.807, 2.05) is 0 Å². The lowest BCUT2D eigenvalue weighted by Gasteiger charge is -2.03. The van der Waals surface area contributed by atoms with Gasteiger partial charge in [-0.15, -0.1) is 0 Å². The number of carbonyl (C=O) groups is 1. The summed E-state index contributed by atoms with van der Waals surface area (Å²) in [7, 11) is 0. The highest BCUT2D eigenvalue weighted by molar-refractivity contribution is 6.39. The van der Waals surface area contributed by atoms with Gasteiger partial charge in [-0.2, -0.15) is 4.73 Å². The van der Waals surface area contributed by atoms with Crippen LogP contribution in [0.1, 0.15) is 16.7 Å². The average molecular weight is 519 g/mol. The highest BCUT2D eigenvalue weighted by atomic mass is 35.5. The van der Waals surface area contributed by atoms with Crippen LogP contribution in [0.4, 0.5) is 11.5 Å². The summed E-state index contributed by atoms with van der Waals surface area (Å²) in [6.07, 6.45) is 3.74. The van der Waals surface area contributed by atoms with E-state index in [1.165, 1.54) is 6.21 Å². The molecular formula is C24H15Cl4N3O2. The SMILES string of the molecule is O=CCc1c(N=Cc2c(Cl)cccc2Cl)n(O)c2cccc(N=Cc3c(Cl)cccc3Cl)c12. The molecule has 9 heteroatoms. The molecule has 1 heterocycles. The highest BCUT2D eigenvalue weighted by Gasteiger charge is 2.19. The topological polar surface area (TPSA) is 67.0 Å². The van der Waals surface area contributed by atoms with Crippen molar-refractivity contribution in [3.05, 3.63) is 91.4 Å². The first-order valence-corrected chi connectivity index (χ1v) is 11.2. The molecule has 0 atom stereocenters. The van der Waals surface area contributed by atoms with Crippen LogP contribution in [0.25, 0.3) is 10.9 Å². The summed E-state index contributed by atoms with van der Waals surface area (Å²) in [4.78, 5) is 20.4. The van der Waals surface area contributed by atoms with E-state index in [4.69, 9.17) is 46.4 Å². The molecular weight excluding hydrogens is 504 g/mol. The summed E-state index contributed by atoms with van der Waals surface area (Å²) >= 11 is 24.9. The largest absolute Gasteiger partial charge is 0.426 e. The van der Waals surface area contributed by atoms with Crippen molar-refractivity contribution in [2.24, 2.45) is 9.98 Å². The van der Waals surface area contributed by atoms with E-state index in [2.05, 4.69) is 9.98 Å². The fraction of sp³-hybridized carbons (Fsp3) is 0.0417. The van der Waals surface area contributed by atoms with E-state index >= 15 is 0 Å². The van der Waals surface area contributed by atoms with Crippen molar-refractivity contribution >= 4 is 87.5 Å². The quantitative estimate of drug-likeness (QED) is 0.161. The zero-order valence-electron chi connectivity index (χ0n) is 16.8. The smallest absolute Gasteiger partial charge is 0.172 e. The van der Waals surface area contributed by atoms with Gasteiger partial charge in [0.1, 0.15) is 6.29 Å². The van der Waals surface area contributed by atoms with Gasteiger partial charge in [-0.1, -0.05) is 64.6 Å². The van der Waals surface area contributed by atoms with Crippen LogP contribution < -0.4 is 0 Å². The molecule has 0 saturated heterocycles. The fourth-order valence-electron chi connectivity index (χ4n) is 3.41. The summed E-state index contributed by atoms with van der Waals surface area (Å²) in [5.74, 6) is 0.173. The zero-order chi connectivity index (χ0) is 23.5.